The highest BCUT2D eigenvalue weighted by Crippen LogP contribution is 2.36. The molecule has 0 saturated carbocycles. The number of nitrogens with zero attached hydrogens (tertiary/aromatic N) is 1. The molecule has 2 aromatic rings. The fourth-order valence-corrected chi connectivity index (χ4v) is 3.07. The Balaban J connectivity index is 2.51. The van der Waals surface area contributed by atoms with Gasteiger partial charge in [0.15, 0.2) is 0 Å². The summed E-state index contributed by atoms with van der Waals surface area (Å²) in [6, 6.07) is 4.17. The van der Waals surface area contributed by atoms with Crippen molar-refractivity contribution in [2.75, 3.05) is 13.7 Å². The predicted octanol–water partition coefficient (Wildman–Crippen LogP) is 3.28. The SMILES string of the molecule is COc1cc(C)c(C)cc1-c1nc(C)c(CCO)s1. The second-order valence-corrected chi connectivity index (χ2v) is 5.72. The quantitative estimate of drug-likeness (QED) is 0.932. The van der Waals surface area contributed by atoms with Crippen LogP contribution in [0.5, 0.6) is 5.75 Å². The molecule has 19 heavy (non-hydrogen) atoms. The van der Waals surface area contributed by atoms with Gasteiger partial charge in [0.1, 0.15) is 10.8 Å². The van der Waals surface area contributed by atoms with E-state index < -0.39 is 0 Å². The van der Waals surface area contributed by atoms with E-state index in [0.717, 1.165) is 26.9 Å². The molecule has 2 rings (SSSR count). The third kappa shape index (κ3) is 2.80. The summed E-state index contributed by atoms with van der Waals surface area (Å²) in [5.74, 6) is 0.854. The average Bonchev–Trinajstić information content (AvgIpc) is 2.74. The molecule has 102 valence electrons. The van der Waals surface area contributed by atoms with Gasteiger partial charge in [0.25, 0.3) is 0 Å². The zero-order chi connectivity index (χ0) is 14.0. The Kier molecular flexibility index (Phi) is 4.22. The Morgan fingerprint density at radius 1 is 1.21 bits per heavy atom. The highest BCUT2D eigenvalue weighted by atomic mass is 32.1. The van der Waals surface area contributed by atoms with Crippen LogP contribution in [0.3, 0.4) is 0 Å². The summed E-state index contributed by atoms with van der Waals surface area (Å²) < 4.78 is 5.46. The molecule has 1 aromatic carbocycles. The first-order chi connectivity index (χ1) is 9.06. The van der Waals surface area contributed by atoms with E-state index in [-0.39, 0.29) is 6.61 Å². The van der Waals surface area contributed by atoms with Gasteiger partial charge in [-0.25, -0.2) is 4.98 Å². The van der Waals surface area contributed by atoms with Crippen LogP contribution in [0.25, 0.3) is 10.6 Å². The van der Waals surface area contributed by atoms with Crippen molar-refractivity contribution in [2.24, 2.45) is 0 Å². The monoisotopic (exact) mass is 277 g/mol. The standard InChI is InChI=1S/C15H19NO2S/c1-9-7-12(13(18-4)8-10(9)2)15-16-11(3)14(19-15)5-6-17/h7-8,17H,5-6H2,1-4H3. The molecular formula is C15H19NO2S. The van der Waals surface area contributed by atoms with Crippen LogP contribution in [-0.2, 0) is 6.42 Å². The minimum Gasteiger partial charge on any atom is -0.496 e. The lowest BCUT2D eigenvalue weighted by atomic mass is 10.1. The van der Waals surface area contributed by atoms with Crippen LogP contribution in [0.2, 0.25) is 0 Å². The van der Waals surface area contributed by atoms with Crippen LogP contribution < -0.4 is 4.74 Å². The van der Waals surface area contributed by atoms with E-state index in [4.69, 9.17) is 9.84 Å². The van der Waals surface area contributed by atoms with Crippen LogP contribution in [0.1, 0.15) is 21.7 Å². The van der Waals surface area contributed by atoms with Crippen molar-refractivity contribution in [1.29, 1.82) is 0 Å². The van der Waals surface area contributed by atoms with E-state index in [2.05, 4.69) is 24.9 Å². The van der Waals surface area contributed by atoms with Gasteiger partial charge in [-0.1, -0.05) is 0 Å². The summed E-state index contributed by atoms with van der Waals surface area (Å²) in [5, 5.41) is 10.0. The van der Waals surface area contributed by atoms with Gasteiger partial charge in [-0.2, -0.15) is 0 Å². The van der Waals surface area contributed by atoms with Gasteiger partial charge in [-0.3, -0.25) is 0 Å². The number of aliphatic hydroxyl groups is 1. The van der Waals surface area contributed by atoms with E-state index in [1.165, 1.54) is 11.1 Å². The van der Waals surface area contributed by atoms with Gasteiger partial charge in [-0.05, 0) is 44.0 Å². The first-order valence-corrected chi connectivity index (χ1v) is 7.11. The number of methoxy groups -OCH3 is 1. The molecule has 0 aliphatic rings. The second-order valence-electron chi connectivity index (χ2n) is 4.64. The van der Waals surface area contributed by atoms with Crippen LogP contribution >= 0.6 is 11.3 Å². The van der Waals surface area contributed by atoms with Crippen LogP contribution in [0, 0.1) is 20.8 Å². The topological polar surface area (TPSA) is 42.4 Å². The van der Waals surface area contributed by atoms with Gasteiger partial charge in [0.2, 0.25) is 0 Å². The maximum atomic E-state index is 9.06. The first-order valence-electron chi connectivity index (χ1n) is 6.29. The number of aryl methyl sites for hydroxylation is 3. The van der Waals surface area contributed by atoms with Crippen molar-refractivity contribution in [3.63, 3.8) is 0 Å². The van der Waals surface area contributed by atoms with Crippen molar-refractivity contribution in [2.45, 2.75) is 27.2 Å². The number of ether oxygens (including phenoxy) is 1. The first kappa shape index (κ1) is 14.0. The summed E-state index contributed by atoms with van der Waals surface area (Å²) in [6.45, 7) is 6.31. The third-order valence-corrected chi connectivity index (χ3v) is 4.53. The van der Waals surface area contributed by atoms with Crippen molar-refractivity contribution in [1.82, 2.24) is 4.98 Å². The van der Waals surface area contributed by atoms with E-state index >= 15 is 0 Å². The van der Waals surface area contributed by atoms with Gasteiger partial charge >= 0.3 is 0 Å². The lowest BCUT2D eigenvalue weighted by Gasteiger charge is -2.09. The number of aliphatic hydroxyl groups excluding tert-OH is 1. The molecule has 0 unspecified atom stereocenters. The third-order valence-electron chi connectivity index (χ3n) is 3.28. The van der Waals surface area contributed by atoms with Crippen molar-refractivity contribution >= 4 is 11.3 Å². The number of hydrogen-bond acceptors (Lipinski definition) is 4. The summed E-state index contributed by atoms with van der Waals surface area (Å²) >= 11 is 1.63. The Hall–Kier alpha value is -1.39. The normalized spacial score (nSPS) is 10.8. The molecule has 1 heterocycles. The molecule has 0 amide bonds. The molecule has 0 aliphatic carbocycles. The number of benzene rings is 1. The minimum atomic E-state index is 0.159. The molecule has 1 N–H and O–H groups in total. The molecule has 0 fully saturated rings. The van der Waals surface area contributed by atoms with Gasteiger partial charge in [-0.15, -0.1) is 11.3 Å². The summed E-state index contributed by atoms with van der Waals surface area (Å²) in [4.78, 5) is 5.74. The summed E-state index contributed by atoms with van der Waals surface area (Å²) in [6.07, 6.45) is 0.663. The average molecular weight is 277 g/mol. The maximum absolute atomic E-state index is 9.06. The maximum Gasteiger partial charge on any atom is 0.129 e. The lowest BCUT2D eigenvalue weighted by molar-refractivity contribution is 0.300. The van der Waals surface area contributed by atoms with Gasteiger partial charge in [0, 0.05) is 17.9 Å². The number of thiazole rings is 1. The molecule has 4 heteroatoms. The molecule has 0 atom stereocenters. The molecule has 0 saturated heterocycles. The number of aromatic nitrogens is 1. The van der Waals surface area contributed by atoms with Crippen molar-refractivity contribution in [3.05, 3.63) is 33.8 Å². The van der Waals surface area contributed by atoms with Crippen LogP contribution in [0.4, 0.5) is 0 Å². The lowest BCUT2D eigenvalue weighted by Crippen LogP contribution is -1.91. The molecular weight excluding hydrogens is 258 g/mol. The Morgan fingerprint density at radius 2 is 1.89 bits per heavy atom. The Labute approximate surface area is 117 Å². The summed E-state index contributed by atoms with van der Waals surface area (Å²) in [7, 11) is 1.68. The van der Waals surface area contributed by atoms with E-state index in [0.29, 0.717) is 6.42 Å². The molecule has 0 aliphatic heterocycles. The van der Waals surface area contributed by atoms with Gasteiger partial charge < -0.3 is 9.84 Å². The number of rotatable bonds is 4. The number of hydrogen-bond donors (Lipinski definition) is 1. The van der Waals surface area contributed by atoms with Crippen LogP contribution in [0.15, 0.2) is 12.1 Å². The van der Waals surface area contributed by atoms with Gasteiger partial charge in [0.05, 0.1) is 18.4 Å². The minimum absolute atomic E-state index is 0.159. The Bertz CT molecular complexity index is 590. The summed E-state index contributed by atoms with van der Waals surface area (Å²) in [5.41, 5.74) is 4.47. The highest BCUT2D eigenvalue weighted by molar-refractivity contribution is 7.15. The second kappa shape index (κ2) is 5.72. The zero-order valence-electron chi connectivity index (χ0n) is 11.8. The van der Waals surface area contributed by atoms with Crippen molar-refractivity contribution in [3.8, 4) is 16.3 Å². The van der Waals surface area contributed by atoms with E-state index in [9.17, 15) is 0 Å². The fourth-order valence-electron chi connectivity index (χ4n) is 2.00. The van der Waals surface area contributed by atoms with E-state index in [1.54, 1.807) is 18.4 Å². The predicted molar refractivity (Wildman–Crippen MR) is 79.1 cm³/mol. The zero-order valence-corrected chi connectivity index (χ0v) is 12.6. The molecule has 0 bridgehead atoms. The van der Waals surface area contributed by atoms with E-state index in [1.807, 2.05) is 13.0 Å². The fraction of sp³-hybridized carbons (Fsp3) is 0.400. The van der Waals surface area contributed by atoms with Crippen LogP contribution in [-0.4, -0.2) is 23.8 Å². The molecule has 3 nitrogen and oxygen atoms in total. The molecule has 0 radical (unpaired) electrons. The molecule has 1 aromatic heterocycles. The molecule has 0 spiro atoms. The largest absolute Gasteiger partial charge is 0.496 e. The highest BCUT2D eigenvalue weighted by Gasteiger charge is 2.14. The smallest absolute Gasteiger partial charge is 0.129 e. The van der Waals surface area contributed by atoms with Crippen molar-refractivity contribution < 1.29 is 9.84 Å². The Morgan fingerprint density at radius 3 is 2.53 bits per heavy atom.